The summed E-state index contributed by atoms with van der Waals surface area (Å²) in [4.78, 5) is 24.6. The molecule has 0 spiro atoms. The predicted octanol–water partition coefficient (Wildman–Crippen LogP) is 4.04. The Morgan fingerprint density at radius 1 is 1.31 bits per heavy atom. The number of amides is 1. The molecule has 0 saturated heterocycles. The minimum Gasteiger partial charge on any atom is -0.383 e. The van der Waals surface area contributed by atoms with Crippen LogP contribution in [-0.2, 0) is 6.54 Å². The minimum atomic E-state index is -0.672. The van der Waals surface area contributed by atoms with Gasteiger partial charge in [0, 0.05) is 26.9 Å². The average molecular weight is 388 g/mol. The van der Waals surface area contributed by atoms with E-state index in [1.807, 2.05) is 29.0 Å². The number of carbonyl (C=O) groups excluding carboxylic acids is 1. The maximum absolute atomic E-state index is 12.4. The number of hydrogen-bond donors (Lipinski definition) is 2. The first kappa shape index (κ1) is 18.2. The van der Waals surface area contributed by atoms with Crippen LogP contribution in [-0.4, -0.2) is 15.9 Å². The van der Waals surface area contributed by atoms with E-state index >= 15 is 0 Å². The number of nitrogens with one attached hydrogen (secondary N) is 1. The van der Waals surface area contributed by atoms with Gasteiger partial charge in [-0.2, -0.15) is 11.3 Å². The molecule has 6 nitrogen and oxygen atoms in total. The van der Waals surface area contributed by atoms with E-state index in [1.54, 1.807) is 13.0 Å². The summed E-state index contributed by atoms with van der Waals surface area (Å²) in [5.41, 5.74) is 1.40. The molecule has 0 saturated carbocycles. The number of nitro groups is 1. The number of nitrogens with zero attached hydrogens (tertiary/aromatic N) is 1. The third-order valence-electron chi connectivity index (χ3n) is 3.98. The summed E-state index contributed by atoms with van der Waals surface area (Å²) in [6.45, 7) is 1.86. The van der Waals surface area contributed by atoms with E-state index in [0.29, 0.717) is 12.1 Å². The van der Waals surface area contributed by atoms with Gasteiger partial charge in [0.25, 0.3) is 11.6 Å². The maximum atomic E-state index is 12.4. The third-order valence-corrected chi connectivity index (χ3v) is 5.82. The van der Waals surface area contributed by atoms with Crippen LogP contribution >= 0.6 is 22.7 Å². The fraction of sp³-hybridized carbons (Fsp3) is 0.167. The first-order valence-electron chi connectivity index (χ1n) is 7.78. The van der Waals surface area contributed by atoms with E-state index in [9.17, 15) is 20.0 Å². The van der Waals surface area contributed by atoms with Crippen LogP contribution < -0.4 is 5.32 Å². The molecule has 3 rings (SSSR count). The van der Waals surface area contributed by atoms with Gasteiger partial charge in [-0.3, -0.25) is 14.9 Å². The molecular weight excluding hydrogens is 372 g/mol. The van der Waals surface area contributed by atoms with Crippen LogP contribution in [0.5, 0.6) is 0 Å². The van der Waals surface area contributed by atoms with Crippen molar-refractivity contribution in [3.05, 3.63) is 83.7 Å². The van der Waals surface area contributed by atoms with E-state index in [2.05, 4.69) is 5.32 Å². The number of aliphatic hydroxyl groups is 1. The average Bonchev–Trinajstić information content (AvgIpc) is 3.31. The van der Waals surface area contributed by atoms with Gasteiger partial charge in [-0.15, -0.1) is 11.3 Å². The van der Waals surface area contributed by atoms with Crippen LogP contribution in [0.1, 0.15) is 37.3 Å². The molecule has 8 heteroatoms. The van der Waals surface area contributed by atoms with Crippen molar-refractivity contribution in [2.75, 3.05) is 0 Å². The fourth-order valence-electron chi connectivity index (χ4n) is 2.56. The van der Waals surface area contributed by atoms with Gasteiger partial charge in [0.2, 0.25) is 0 Å². The number of hydrogen-bond acceptors (Lipinski definition) is 6. The van der Waals surface area contributed by atoms with Crippen molar-refractivity contribution >= 4 is 34.3 Å². The molecule has 0 fully saturated rings. The lowest BCUT2D eigenvalue weighted by Crippen LogP contribution is -2.23. The Bertz CT molecular complexity index is 935. The highest BCUT2D eigenvalue weighted by atomic mass is 32.1. The second-order valence-corrected chi connectivity index (χ2v) is 7.63. The van der Waals surface area contributed by atoms with Crippen LogP contribution in [0, 0.1) is 17.0 Å². The number of rotatable bonds is 6. The molecule has 0 aliphatic heterocycles. The van der Waals surface area contributed by atoms with Gasteiger partial charge in [-0.25, -0.2) is 0 Å². The lowest BCUT2D eigenvalue weighted by molar-refractivity contribution is -0.385. The highest BCUT2D eigenvalue weighted by Crippen LogP contribution is 2.29. The van der Waals surface area contributed by atoms with Crippen LogP contribution in [0.25, 0.3) is 0 Å². The highest BCUT2D eigenvalue weighted by Gasteiger charge is 2.18. The Hall–Kier alpha value is -2.55. The molecule has 0 aliphatic rings. The van der Waals surface area contributed by atoms with Crippen molar-refractivity contribution in [1.82, 2.24) is 5.32 Å². The largest absolute Gasteiger partial charge is 0.383 e. The molecule has 1 unspecified atom stereocenters. The van der Waals surface area contributed by atoms with Gasteiger partial charge < -0.3 is 10.4 Å². The van der Waals surface area contributed by atoms with E-state index in [1.165, 1.54) is 34.8 Å². The molecule has 1 aromatic carbocycles. The van der Waals surface area contributed by atoms with Crippen molar-refractivity contribution in [3.8, 4) is 0 Å². The zero-order valence-corrected chi connectivity index (χ0v) is 15.5. The van der Waals surface area contributed by atoms with Crippen LogP contribution in [0.4, 0.5) is 5.69 Å². The van der Waals surface area contributed by atoms with Crippen molar-refractivity contribution in [2.24, 2.45) is 0 Å². The molecule has 2 heterocycles. The third kappa shape index (κ3) is 3.82. The summed E-state index contributed by atoms with van der Waals surface area (Å²) in [5, 5.41) is 27.9. The molecule has 1 amide bonds. The van der Waals surface area contributed by atoms with Gasteiger partial charge in [-0.1, -0.05) is 6.07 Å². The monoisotopic (exact) mass is 388 g/mol. The number of benzene rings is 1. The summed E-state index contributed by atoms with van der Waals surface area (Å²) in [7, 11) is 0. The topological polar surface area (TPSA) is 92.5 Å². The summed E-state index contributed by atoms with van der Waals surface area (Å²) in [5.74, 6) is -0.362. The van der Waals surface area contributed by atoms with Crippen LogP contribution in [0.2, 0.25) is 0 Å². The summed E-state index contributed by atoms with van der Waals surface area (Å²) in [6.07, 6.45) is -0.672. The van der Waals surface area contributed by atoms with Crippen LogP contribution in [0.15, 0.2) is 47.2 Å². The van der Waals surface area contributed by atoms with E-state index in [4.69, 9.17) is 0 Å². The Morgan fingerprint density at radius 3 is 2.81 bits per heavy atom. The first-order valence-corrected chi connectivity index (χ1v) is 9.54. The maximum Gasteiger partial charge on any atom is 0.273 e. The van der Waals surface area contributed by atoms with Gasteiger partial charge in [0.1, 0.15) is 6.10 Å². The molecule has 26 heavy (non-hydrogen) atoms. The minimum absolute atomic E-state index is 0.0741. The van der Waals surface area contributed by atoms with Gasteiger partial charge >= 0.3 is 0 Å². The SMILES string of the molecule is Cc1c(C(=O)NCc2ccc(C(O)c3ccsc3)s2)cccc1[N+](=O)[O-]. The predicted molar refractivity (Wildman–Crippen MR) is 102 cm³/mol. The lowest BCUT2D eigenvalue weighted by atomic mass is 10.1. The van der Waals surface area contributed by atoms with Crippen LogP contribution in [0.3, 0.4) is 0 Å². The van der Waals surface area contributed by atoms with E-state index < -0.39 is 11.0 Å². The van der Waals surface area contributed by atoms with Gasteiger partial charge in [0.05, 0.1) is 11.5 Å². The number of aliphatic hydroxyl groups excluding tert-OH is 1. The summed E-state index contributed by atoms with van der Waals surface area (Å²) >= 11 is 2.95. The first-order chi connectivity index (χ1) is 12.5. The van der Waals surface area contributed by atoms with Crippen molar-refractivity contribution in [3.63, 3.8) is 0 Å². The van der Waals surface area contributed by atoms with Gasteiger partial charge in [0.15, 0.2) is 0 Å². The number of nitro benzene ring substituents is 1. The second kappa shape index (κ2) is 7.77. The van der Waals surface area contributed by atoms with Crippen molar-refractivity contribution < 1.29 is 14.8 Å². The molecule has 0 aliphatic carbocycles. The van der Waals surface area contributed by atoms with E-state index in [0.717, 1.165) is 15.3 Å². The Kier molecular flexibility index (Phi) is 5.46. The molecular formula is C18H16N2O4S2. The Balaban J connectivity index is 1.67. The zero-order chi connectivity index (χ0) is 18.7. The second-order valence-electron chi connectivity index (χ2n) is 5.65. The van der Waals surface area contributed by atoms with E-state index in [-0.39, 0.29) is 17.2 Å². The Morgan fingerprint density at radius 2 is 2.12 bits per heavy atom. The molecule has 2 aromatic heterocycles. The summed E-state index contributed by atoms with van der Waals surface area (Å²) < 4.78 is 0. The molecule has 0 bridgehead atoms. The zero-order valence-electron chi connectivity index (χ0n) is 13.8. The number of thiophene rings is 2. The normalized spacial score (nSPS) is 11.9. The summed E-state index contributed by atoms with van der Waals surface area (Å²) in [6, 6.07) is 10.0. The molecule has 0 radical (unpaired) electrons. The van der Waals surface area contributed by atoms with Crippen molar-refractivity contribution in [1.29, 1.82) is 0 Å². The standard InChI is InChI=1S/C18H16N2O4S2/c1-11-14(3-2-4-15(11)20(23)24)18(22)19-9-13-5-6-16(26-13)17(21)12-7-8-25-10-12/h2-8,10,17,21H,9H2,1H3,(H,19,22). The number of carbonyl (C=O) groups is 1. The smallest absolute Gasteiger partial charge is 0.273 e. The fourth-order valence-corrected chi connectivity index (χ4v) is 4.21. The highest BCUT2D eigenvalue weighted by molar-refractivity contribution is 7.12. The molecule has 2 N–H and O–H groups in total. The molecule has 3 aromatic rings. The lowest BCUT2D eigenvalue weighted by Gasteiger charge is -2.07. The van der Waals surface area contributed by atoms with Crippen molar-refractivity contribution in [2.45, 2.75) is 19.6 Å². The molecule has 134 valence electrons. The van der Waals surface area contributed by atoms with Gasteiger partial charge in [-0.05, 0) is 47.5 Å². The Labute approximate surface area is 157 Å². The quantitative estimate of drug-likeness (QED) is 0.492. The molecule has 1 atom stereocenters.